The molecule has 1 aromatic carbocycles. The molecule has 2 aliphatic heterocycles. The molecule has 0 saturated carbocycles. The molecule has 6 atom stereocenters. The van der Waals surface area contributed by atoms with Crippen LogP contribution >= 0.6 is 0 Å². The predicted octanol–water partition coefficient (Wildman–Crippen LogP) is 3.49. The molecule has 0 aromatic heterocycles. The third kappa shape index (κ3) is 15.0. The van der Waals surface area contributed by atoms with Crippen LogP contribution in [0.2, 0.25) is 0 Å². The Labute approximate surface area is 355 Å². The van der Waals surface area contributed by atoms with E-state index in [1.54, 1.807) is 58.9 Å². The minimum absolute atomic E-state index is 0.00848. The van der Waals surface area contributed by atoms with Crippen molar-refractivity contribution in [2.24, 2.45) is 11.8 Å². The van der Waals surface area contributed by atoms with E-state index in [2.05, 4.69) is 34.1 Å². The summed E-state index contributed by atoms with van der Waals surface area (Å²) in [4.78, 5) is 99.7. The second kappa shape index (κ2) is 22.9. The van der Waals surface area contributed by atoms with Gasteiger partial charge in [-0.1, -0.05) is 46.2 Å². The number of alkyl carbamates (subject to hydrolysis) is 1. The summed E-state index contributed by atoms with van der Waals surface area (Å²) < 4.78 is 16.5. The number of nitrogens with one attached hydrogen (secondary N) is 4. The molecule has 334 valence electrons. The second-order valence-corrected chi connectivity index (χ2v) is 17.4. The summed E-state index contributed by atoms with van der Waals surface area (Å²) in [6, 6.07) is 1.84. The molecule has 2 aliphatic rings. The van der Waals surface area contributed by atoms with Gasteiger partial charge in [0.1, 0.15) is 47.7 Å². The number of likely N-dealkylation sites (N-methyl/N-ethyl adjacent to an activating group) is 1. The maximum absolute atomic E-state index is 14.4. The Morgan fingerprint density at radius 1 is 1.00 bits per heavy atom. The van der Waals surface area contributed by atoms with Crippen molar-refractivity contribution in [3.8, 4) is 18.6 Å². The first-order valence-electron chi connectivity index (χ1n) is 20.7. The van der Waals surface area contributed by atoms with E-state index in [9.17, 15) is 33.6 Å². The van der Waals surface area contributed by atoms with Crippen LogP contribution in [-0.4, -0.2) is 120 Å². The molecule has 0 radical (unpaired) electrons. The number of amides is 6. The third-order valence-corrected chi connectivity index (χ3v) is 10.6. The number of terminal acetylenes is 1. The second-order valence-electron chi connectivity index (χ2n) is 17.4. The maximum Gasteiger partial charge on any atom is 0.408 e. The summed E-state index contributed by atoms with van der Waals surface area (Å²) >= 11 is 0. The van der Waals surface area contributed by atoms with E-state index in [1.165, 1.54) is 24.0 Å². The number of nitrogens with zero attached hydrogens (tertiary/aromatic N) is 2. The summed E-state index contributed by atoms with van der Waals surface area (Å²) in [6.07, 6.45) is 8.97. The summed E-state index contributed by atoms with van der Waals surface area (Å²) in [5, 5.41) is 11.1. The van der Waals surface area contributed by atoms with Crippen LogP contribution in [0, 0.1) is 24.7 Å². The fraction of sp³-hybridized carbons (Fsp3) is 0.659. The van der Waals surface area contributed by atoms with Crippen LogP contribution in [0.1, 0.15) is 106 Å². The summed E-state index contributed by atoms with van der Waals surface area (Å²) in [6.45, 7) is 15.4. The van der Waals surface area contributed by atoms with Crippen molar-refractivity contribution in [3.05, 3.63) is 29.8 Å². The molecule has 3 rings (SSSR count). The van der Waals surface area contributed by atoms with Gasteiger partial charge in [-0.25, -0.2) is 9.59 Å². The zero-order valence-corrected chi connectivity index (χ0v) is 37.3. The third-order valence-electron chi connectivity index (χ3n) is 10.6. The molecule has 16 heteroatoms. The molecule has 2 saturated heterocycles. The van der Waals surface area contributed by atoms with Crippen molar-refractivity contribution >= 4 is 41.6 Å². The Kier molecular flexibility index (Phi) is 19.4. The van der Waals surface area contributed by atoms with Crippen LogP contribution in [0.25, 0.3) is 0 Å². The quantitative estimate of drug-likeness (QED) is 0.222. The van der Waals surface area contributed by atoms with Gasteiger partial charge in [0.25, 0.3) is 0 Å². The van der Waals surface area contributed by atoms with E-state index in [0.717, 1.165) is 0 Å². The topological polar surface area (TPSA) is 202 Å². The summed E-state index contributed by atoms with van der Waals surface area (Å²) in [7, 11) is 2.99. The Hall–Kier alpha value is -5.33. The number of carbonyl (C=O) groups excluding carboxylic acids is 7. The minimum Gasteiger partial charge on any atom is -0.497 e. The van der Waals surface area contributed by atoms with Crippen LogP contribution in [0.5, 0.6) is 5.75 Å². The Balaban J connectivity index is 0.00000610. The smallest absolute Gasteiger partial charge is 0.408 e. The zero-order chi connectivity index (χ0) is 45.5. The highest BCUT2D eigenvalue weighted by atomic mass is 16.6. The van der Waals surface area contributed by atoms with Crippen LogP contribution in [0.4, 0.5) is 4.79 Å². The van der Waals surface area contributed by atoms with Crippen molar-refractivity contribution in [1.29, 1.82) is 0 Å². The molecule has 1 aromatic rings. The molecule has 0 unspecified atom stereocenters. The minimum atomic E-state index is -1.42. The highest BCUT2D eigenvalue weighted by Gasteiger charge is 2.43. The van der Waals surface area contributed by atoms with E-state index >= 15 is 0 Å². The average Bonchev–Trinajstić information content (AvgIpc) is 3.68. The summed E-state index contributed by atoms with van der Waals surface area (Å²) in [5.41, 5.74) is -1.65. The number of benzene rings is 1. The first-order valence-corrected chi connectivity index (χ1v) is 20.7. The Morgan fingerprint density at radius 2 is 1.63 bits per heavy atom. The first kappa shape index (κ1) is 50.8. The number of ether oxygens (including phenoxy) is 3. The zero-order valence-electron chi connectivity index (χ0n) is 37.3. The lowest BCUT2D eigenvalue weighted by atomic mass is 9.94. The van der Waals surface area contributed by atoms with E-state index in [0.29, 0.717) is 30.6 Å². The molecular weight excluding hydrogens is 773 g/mol. The van der Waals surface area contributed by atoms with Gasteiger partial charge in [-0.15, -0.1) is 12.8 Å². The largest absolute Gasteiger partial charge is 0.497 e. The highest BCUT2D eigenvalue weighted by Crippen LogP contribution is 2.25. The molecule has 0 aliphatic carbocycles. The van der Waals surface area contributed by atoms with Gasteiger partial charge in [-0.2, -0.15) is 0 Å². The van der Waals surface area contributed by atoms with Crippen molar-refractivity contribution in [2.45, 2.75) is 149 Å². The van der Waals surface area contributed by atoms with Crippen LogP contribution < -0.4 is 26.0 Å². The average molecular weight is 841 g/mol. The van der Waals surface area contributed by atoms with Gasteiger partial charge in [0.2, 0.25) is 29.5 Å². The molecule has 2 fully saturated rings. The van der Waals surface area contributed by atoms with Gasteiger partial charge >= 0.3 is 12.1 Å². The number of methoxy groups -OCH3 is 1. The number of esters is 1. The Morgan fingerprint density at radius 3 is 2.20 bits per heavy atom. The predicted molar refractivity (Wildman–Crippen MR) is 226 cm³/mol. The van der Waals surface area contributed by atoms with Crippen LogP contribution in [0.3, 0.4) is 0 Å². The molecule has 60 heavy (non-hydrogen) atoms. The number of rotatable bonds is 8. The maximum atomic E-state index is 14.4. The number of cyclic esters (lactones) is 1. The Bertz CT molecular complexity index is 1670. The first-order chi connectivity index (χ1) is 28.1. The van der Waals surface area contributed by atoms with Crippen molar-refractivity contribution in [2.75, 3.05) is 27.3 Å². The molecule has 6 amide bonds. The standard InChI is InChI=1S/C42H66N6O10.C2H2/c1-12-26(4)29-19-20-34(49)46-42(8,9)39(54)44-30(22-25(2)3)36(51)48-21-13-14-32(48)37(52)47(10)33(23-27-15-17-28(56-11)18-16-27)38(53)57-24-31(35(50)43-29)45-40(55)58-41(5,6)7;1-2/h15-18,25-26,29-33H,12-14,19-24H2,1-11H3,(H,43,50)(H,44,54)(H,45,55)(H,46,49);1-2H/t26-,29-,30-,31-,32-,33-;/m0./s1. The van der Waals surface area contributed by atoms with Crippen molar-refractivity contribution < 1.29 is 47.8 Å². The number of carbonyl (C=O) groups is 7. The number of hydrogen-bond donors (Lipinski definition) is 4. The van der Waals surface area contributed by atoms with Gasteiger partial charge < -0.3 is 45.3 Å². The van der Waals surface area contributed by atoms with E-state index < -0.39 is 89.6 Å². The summed E-state index contributed by atoms with van der Waals surface area (Å²) in [5.74, 6) is -3.04. The van der Waals surface area contributed by atoms with E-state index in [1.807, 2.05) is 27.7 Å². The lowest BCUT2D eigenvalue weighted by Gasteiger charge is -2.35. The number of fused-ring (bicyclic) bond motifs is 1. The molecule has 0 spiro atoms. The lowest BCUT2D eigenvalue weighted by Crippen LogP contribution is -2.60. The molecule has 4 N–H and O–H groups in total. The van der Waals surface area contributed by atoms with E-state index in [4.69, 9.17) is 14.2 Å². The molecule has 2 heterocycles. The monoisotopic (exact) mass is 840 g/mol. The lowest BCUT2D eigenvalue weighted by molar-refractivity contribution is -0.157. The molecule has 16 nitrogen and oxygen atoms in total. The molecule has 0 bridgehead atoms. The van der Waals surface area contributed by atoms with Crippen LogP contribution in [0.15, 0.2) is 24.3 Å². The van der Waals surface area contributed by atoms with E-state index in [-0.39, 0.29) is 44.1 Å². The van der Waals surface area contributed by atoms with Gasteiger partial charge in [-0.3, -0.25) is 24.0 Å². The fourth-order valence-corrected chi connectivity index (χ4v) is 6.99. The normalized spacial score (nSPS) is 24.3. The van der Waals surface area contributed by atoms with Crippen LogP contribution in [-0.2, 0) is 44.7 Å². The number of hydrogen-bond acceptors (Lipinski definition) is 10. The van der Waals surface area contributed by atoms with Gasteiger partial charge in [0.15, 0.2) is 0 Å². The fourth-order valence-electron chi connectivity index (χ4n) is 6.99. The van der Waals surface area contributed by atoms with Crippen molar-refractivity contribution in [3.63, 3.8) is 0 Å². The highest BCUT2D eigenvalue weighted by molar-refractivity contribution is 5.97. The van der Waals surface area contributed by atoms with Gasteiger partial charge in [0.05, 0.1) is 7.11 Å². The SMILES string of the molecule is C#C.CC[C@H](C)[C@@H]1CCC(=O)NC(C)(C)C(=O)N[C@@H](CC(C)C)C(=O)N2CCC[C@H]2C(=O)N(C)[C@@H](Cc2ccc(OC)cc2)C(=O)OC[C@H](NC(=O)OC(C)(C)C)C(=O)N1. The molecular formula is C44H68N6O10. The van der Waals surface area contributed by atoms with Crippen molar-refractivity contribution in [1.82, 2.24) is 31.1 Å². The van der Waals surface area contributed by atoms with Gasteiger partial charge in [-0.05, 0) is 89.8 Å². The van der Waals surface area contributed by atoms with Gasteiger partial charge in [0, 0.05) is 32.5 Å².